The SMILES string of the molecule is CCC1C(=O)NC(C)(C)C(=O)N1C1CCOCC1. The number of ether oxygens (including phenoxy) is 1. The second-order valence-electron chi connectivity index (χ2n) is 5.59. The van der Waals surface area contributed by atoms with Crippen LogP contribution in [0.1, 0.15) is 40.0 Å². The van der Waals surface area contributed by atoms with Crippen LogP contribution in [0.4, 0.5) is 0 Å². The number of hydrogen-bond donors (Lipinski definition) is 1. The Labute approximate surface area is 108 Å². The molecule has 5 nitrogen and oxygen atoms in total. The fourth-order valence-electron chi connectivity index (χ4n) is 2.80. The summed E-state index contributed by atoms with van der Waals surface area (Å²) < 4.78 is 5.33. The van der Waals surface area contributed by atoms with E-state index in [9.17, 15) is 9.59 Å². The molecule has 5 heteroatoms. The summed E-state index contributed by atoms with van der Waals surface area (Å²) in [7, 11) is 0. The molecule has 0 aromatic heterocycles. The average Bonchev–Trinajstić information content (AvgIpc) is 2.34. The van der Waals surface area contributed by atoms with E-state index < -0.39 is 5.54 Å². The van der Waals surface area contributed by atoms with Crippen LogP contribution in [0.3, 0.4) is 0 Å². The van der Waals surface area contributed by atoms with Crippen LogP contribution in [0.2, 0.25) is 0 Å². The van der Waals surface area contributed by atoms with Gasteiger partial charge >= 0.3 is 0 Å². The number of carbonyl (C=O) groups is 2. The van der Waals surface area contributed by atoms with Gasteiger partial charge < -0.3 is 15.0 Å². The zero-order valence-corrected chi connectivity index (χ0v) is 11.4. The van der Waals surface area contributed by atoms with E-state index in [2.05, 4.69) is 5.32 Å². The topological polar surface area (TPSA) is 58.6 Å². The molecule has 1 N–H and O–H groups in total. The minimum Gasteiger partial charge on any atom is -0.381 e. The van der Waals surface area contributed by atoms with Crippen LogP contribution in [0.5, 0.6) is 0 Å². The first-order valence-electron chi connectivity index (χ1n) is 6.70. The quantitative estimate of drug-likeness (QED) is 0.788. The molecule has 2 aliphatic heterocycles. The normalized spacial score (nSPS) is 29.3. The van der Waals surface area contributed by atoms with Gasteiger partial charge in [-0.2, -0.15) is 0 Å². The van der Waals surface area contributed by atoms with Crippen molar-refractivity contribution in [2.24, 2.45) is 0 Å². The fraction of sp³-hybridized carbons (Fsp3) is 0.846. The van der Waals surface area contributed by atoms with Crippen molar-refractivity contribution in [3.63, 3.8) is 0 Å². The summed E-state index contributed by atoms with van der Waals surface area (Å²) in [5, 5.41) is 2.81. The van der Waals surface area contributed by atoms with E-state index in [1.165, 1.54) is 0 Å². The Kier molecular flexibility index (Phi) is 3.61. The molecule has 0 aromatic rings. The Morgan fingerprint density at radius 2 is 1.94 bits per heavy atom. The van der Waals surface area contributed by atoms with Crippen LogP contribution in [-0.2, 0) is 14.3 Å². The van der Waals surface area contributed by atoms with Crippen molar-refractivity contribution in [3.05, 3.63) is 0 Å². The molecule has 1 unspecified atom stereocenters. The van der Waals surface area contributed by atoms with Gasteiger partial charge in [0.2, 0.25) is 11.8 Å². The van der Waals surface area contributed by atoms with Crippen molar-refractivity contribution in [1.82, 2.24) is 10.2 Å². The summed E-state index contributed by atoms with van der Waals surface area (Å²) in [6, 6.07) is -0.185. The van der Waals surface area contributed by atoms with Crippen LogP contribution >= 0.6 is 0 Å². The number of hydrogen-bond acceptors (Lipinski definition) is 3. The van der Waals surface area contributed by atoms with Gasteiger partial charge in [-0.25, -0.2) is 0 Å². The minimum atomic E-state index is -0.791. The summed E-state index contributed by atoms with van der Waals surface area (Å²) in [5.41, 5.74) is -0.791. The van der Waals surface area contributed by atoms with E-state index in [1.807, 2.05) is 6.92 Å². The Morgan fingerprint density at radius 1 is 1.33 bits per heavy atom. The Hall–Kier alpha value is -1.10. The van der Waals surface area contributed by atoms with Gasteiger partial charge in [0.25, 0.3) is 0 Å². The molecule has 2 fully saturated rings. The first kappa shape index (κ1) is 13.3. The molecule has 102 valence electrons. The zero-order chi connectivity index (χ0) is 13.3. The lowest BCUT2D eigenvalue weighted by atomic mass is 9.92. The molecule has 2 amide bonds. The molecule has 0 aliphatic carbocycles. The zero-order valence-electron chi connectivity index (χ0n) is 11.4. The van der Waals surface area contributed by atoms with Crippen molar-refractivity contribution in [3.8, 4) is 0 Å². The molecule has 0 aromatic carbocycles. The highest BCUT2D eigenvalue weighted by molar-refractivity contribution is 5.99. The number of nitrogens with zero attached hydrogens (tertiary/aromatic N) is 1. The van der Waals surface area contributed by atoms with Crippen molar-refractivity contribution in [2.45, 2.75) is 57.7 Å². The van der Waals surface area contributed by atoms with Crippen LogP contribution in [0.25, 0.3) is 0 Å². The van der Waals surface area contributed by atoms with E-state index in [1.54, 1.807) is 18.7 Å². The Morgan fingerprint density at radius 3 is 2.50 bits per heavy atom. The highest BCUT2D eigenvalue weighted by atomic mass is 16.5. The van der Waals surface area contributed by atoms with Crippen molar-refractivity contribution in [2.75, 3.05) is 13.2 Å². The van der Waals surface area contributed by atoms with E-state index in [-0.39, 0.29) is 23.9 Å². The molecule has 18 heavy (non-hydrogen) atoms. The predicted molar refractivity (Wildman–Crippen MR) is 67.0 cm³/mol. The van der Waals surface area contributed by atoms with Crippen molar-refractivity contribution >= 4 is 11.8 Å². The van der Waals surface area contributed by atoms with Gasteiger partial charge in [-0.05, 0) is 33.1 Å². The first-order valence-corrected chi connectivity index (χ1v) is 6.70. The fourth-order valence-corrected chi connectivity index (χ4v) is 2.80. The van der Waals surface area contributed by atoms with Crippen molar-refractivity contribution in [1.29, 1.82) is 0 Å². The molecular formula is C13H22N2O3. The maximum Gasteiger partial charge on any atom is 0.248 e. The first-order chi connectivity index (χ1) is 8.47. The standard InChI is InChI=1S/C13H22N2O3/c1-4-10-11(16)14-13(2,3)12(17)15(10)9-5-7-18-8-6-9/h9-10H,4-8H2,1-3H3,(H,14,16). The van der Waals surface area contributed by atoms with E-state index in [0.717, 1.165) is 12.8 Å². The average molecular weight is 254 g/mol. The maximum atomic E-state index is 12.5. The lowest BCUT2D eigenvalue weighted by Gasteiger charge is -2.47. The van der Waals surface area contributed by atoms with Gasteiger partial charge in [0.1, 0.15) is 11.6 Å². The van der Waals surface area contributed by atoms with E-state index >= 15 is 0 Å². The van der Waals surface area contributed by atoms with Gasteiger partial charge in [0, 0.05) is 19.3 Å². The molecule has 2 saturated heterocycles. The summed E-state index contributed by atoms with van der Waals surface area (Å²) in [6.45, 7) is 6.83. The number of amides is 2. The van der Waals surface area contributed by atoms with Gasteiger partial charge in [-0.15, -0.1) is 0 Å². The summed E-state index contributed by atoms with van der Waals surface area (Å²) in [5.74, 6) is -0.00515. The van der Waals surface area contributed by atoms with E-state index in [4.69, 9.17) is 4.74 Å². The van der Waals surface area contributed by atoms with Gasteiger partial charge in [0.05, 0.1) is 0 Å². The molecule has 0 bridgehead atoms. The van der Waals surface area contributed by atoms with Gasteiger partial charge in [-0.3, -0.25) is 9.59 Å². The number of rotatable bonds is 2. The second-order valence-corrected chi connectivity index (χ2v) is 5.59. The summed E-state index contributed by atoms with van der Waals surface area (Å²) in [4.78, 5) is 26.4. The maximum absolute atomic E-state index is 12.5. The smallest absolute Gasteiger partial charge is 0.248 e. The molecule has 0 saturated carbocycles. The van der Waals surface area contributed by atoms with Crippen LogP contribution in [0.15, 0.2) is 0 Å². The lowest BCUT2D eigenvalue weighted by Crippen LogP contribution is -2.70. The summed E-state index contributed by atoms with van der Waals surface area (Å²) >= 11 is 0. The van der Waals surface area contributed by atoms with Crippen LogP contribution in [0, 0.1) is 0 Å². The lowest BCUT2D eigenvalue weighted by molar-refractivity contribution is -0.158. The van der Waals surface area contributed by atoms with Crippen LogP contribution in [-0.4, -0.2) is 47.6 Å². The molecular weight excluding hydrogens is 232 g/mol. The molecule has 0 spiro atoms. The Balaban J connectivity index is 2.25. The molecule has 2 heterocycles. The third-order valence-corrected chi connectivity index (χ3v) is 3.81. The van der Waals surface area contributed by atoms with Gasteiger partial charge in [-0.1, -0.05) is 6.92 Å². The second kappa shape index (κ2) is 4.88. The molecule has 1 atom stereocenters. The van der Waals surface area contributed by atoms with E-state index in [0.29, 0.717) is 19.6 Å². The molecule has 2 rings (SSSR count). The monoisotopic (exact) mass is 254 g/mol. The number of carbonyl (C=O) groups excluding carboxylic acids is 2. The third kappa shape index (κ3) is 2.23. The highest BCUT2D eigenvalue weighted by Gasteiger charge is 2.47. The summed E-state index contributed by atoms with van der Waals surface area (Å²) in [6.07, 6.45) is 2.31. The molecule has 0 radical (unpaired) electrons. The number of piperazine rings is 1. The molecule has 2 aliphatic rings. The van der Waals surface area contributed by atoms with Gasteiger partial charge in [0.15, 0.2) is 0 Å². The highest BCUT2D eigenvalue weighted by Crippen LogP contribution is 2.26. The minimum absolute atomic E-state index is 0.0286. The number of nitrogens with one attached hydrogen (secondary N) is 1. The van der Waals surface area contributed by atoms with Crippen molar-refractivity contribution < 1.29 is 14.3 Å². The third-order valence-electron chi connectivity index (χ3n) is 3.81. The largest absolute Gasteiger partial charge is 0.381 e. The predicted octanol–water partition coefficient (Wildman–Crippen LogP) is 0.681. The Bertz CT molecular complexity index is 348. The van der Waals surface area contributed by atoms with Crippen LogP contribution < -0.4 is 5.32 Å².